The Kier molecular flexibility index (Phi) is 12.1. The second kappa shape index (κ2) is 14.3. The zero-order chi connectivity index (χ0) is 29.2. The molecule has 15 heteroatoms. The lowest BCUT2D eigenvalue weighted by Crippen LogP contribution is -2.58. The summed E-state index contributed by atoms with van der Waals surface area (Å²) in [5, 5.41) is 0. The summed E-state index contributed by atoms with van der Waals surface area (Å²) >= 11 is 0. The van der Waals surface area contributed by atoms with Gasteiger partial charge in [-0.25, -0.2) is 0 Å². The largest absolute Gasteiger partial charge is 0.462 e. The van der Waals surface area contributed by atoms with E-state index in [9.17, 15) is 33.6 Å². The normalized spacial score (nSPS) is 24.8. The number of hydrogen-bond acceptors (Lipinski definition) is 15. The van der Waals surface area contributed by atoms with E-state index in [0.29, 0.717) is 0 Å². The highest BCUT2D eigenvalue weighted by atomic mass is 16.7. The van der Waals surface area contributed by atoms with E-state index in [-0.39, 0.29) is 0 Å². The first-order chi connectivity index (χ1) is 17.6. The lowest BCUT2D eigenvalue weighted by atomic mass is 9.96. The molecule has 1 rings (SSSR count). The Morgan fingerprint density at radius 1 is 0.579 bits per heavy atom. The summed E-state index contributed by atoms with van der Waals surface area (Å²) in [6.45, 7) is 5.57. The van der Waals surface area contributed by atoms with Crippen molar-refractivity contribution in [3.05, 3.63) is 0 Å². The van der Waals surface area contributed by atoms with E-state index in [2.05, 4.69) is 0 Å². The van der Waals surface area contributed by atoms with Gasteiger partial charge in [-0.1, -0.05) is 0 Å². The fourth-order valence-electron chi connectivity index (χ4n) is 3.85. The van der Waals surface area contributed by atoms with Crippen LogP contribution in [0.4, 0.5) is 0 Å². The summed E-state index contributed by atoms with van der Waals surface area (Å²) in [6.07, 6.45) is -7.69. The molecule has 0 spiro atoms. The summed E-state index contributed by atoms with van der Waals surface area (Å²) in [5.41, 5.74) is -2.22. The maximum Gasteiger partial charge on any atom is 0.303 e. The minimum atomic E-state index is -2.22. The fourth-order valence-corrected chi connectivity index (χ4v) is 3.85. The third-order valence-electron chi connectivity index (χ3n) is 4.88. The van der Waals surface area contributed by atoms with Gasteiger partial charge in [0.1, 0.15) is 19.3 Å². The average Bonchev–Trinajstić information content (AvgIpc) is 2.95. The molecule has 214 valence electrons. The first-order valence-electron chi connectivity index (χ1n) is 11.4. The minimum Gasteiger partial charge on any atom is -0.462 e. The van der Waals surface area contributed by atoms with Crippen molar-refractivity contribution in [2.24, 2.45) is 0 Å². The number of carbonyl (C=O) groups is 7. The highest BCUT2D eigenvalue weighted by molar-refractivity contribution is 5.71. The van der Waals surface area contributed by atoms with Crippen molar-refractivity contribution in [3.63, 3.8) is 0 Å². The van der Waals surface area contributed by atoms with E-state index in [1.807, 2.05) is 0 Å². The standard InChI is InChI=1S/C23H32O15/c1-11(24)31-8-18(34-13(3)26)9-32-21-19(35-14(4)27)20(36-15(5)28)22(37-16(6)29)23(21,38-17(7)30)10-33-12(2)25/h18-22H,8-10H2,1-7H3/t18-,19+,20+,21-,22+,23-/m0/s1. The summed E-state index contributed by atoms with van der Waals surface area (Å²) in [6, 6.07) is 0. The Hall–Kier alpha value is -3.75. The molecule has 6 atom stereocenters. The van der Waals surface area contributed by atoms with E-state index in [1.54, 1.807) is 0 Å². The van der Waals surface area contributed by atoms with Crippen LogP contribution in [-0.2, 0) is 71.5 Å². The highest BCUT2D eigenvalue weighted by Crippen LogP contribution is 2.43. The monoisotopic (exact) mass is 548 g/mol. The van der Waals surface area contributed by atoms with Gasteiger partial charge in [0.15, 0.2) is 24.4 Å². The van der Waals surface area contributed by atoms with Crippen LogP contribution < -0.4 is 0 Å². The molecule has 0 unspecified atom stereocenters. The summed E-state index contributed by atoms with van der Waals surface area (Å²) in [4.78, 5) is 82.8. The van der Waals surface area contributed by atoms with Gasteiger partial charge in [-0.2, -0.15) is 0 Å². The predicted molar refractivity (Wildman–Crippen MR) is 120 cm³/mol. The Bertz CT molecular complexity index is 928. The molecule has 15 nitrogen and oxygen atoms in total. The SMILES string of the molecule is CC(=O)OC[C@@H](CO[C@H]1[C@H](OC(C)=O)[C@@H](OC(C)=O)[C@@H](OC(C)=O)[C@@]1(COC(C)=O)OC(C)=O)OC(C)=O. The van der Waals surface area contributed by atoms with Crippen LogP contribution in [0.5, 0.6) is 0 Å². The van der Waals surface area contributed by atoms with Crippen LogP contribution in [0.25, 0.3) is 0 Å². The van der Waals surface area contributed by atoms with Crippen molar-refractivity contribution in [2.45, 2.75) is 84.6 Å². The molecule has 0 bridgehead atoms. The highest BCUT2D eigenvalue weighted by Gasteiger charge is 2.70. The minimum absolute atomic E-state index is 0.439. The molecule has 0 aromatic heterocycles. The third kappa shape index (κ3) is 9.61. The van der Waals surface area contributed by atoms with Crippen LogP contribution in [0.3, 0.4) is 0 Å². The molecule has 1 saturated carbocycles. The lowest BCUT2D eigenvalue weighted by Gasteiger charge is -2.38. The smallest absolute Gasteiger partial charge is 0.303 e. The number of ether oxygens (including phenoxy) is 8. The molecule has 38 heavy (non-hydrogen) atoms. The van der Waals surface area contributed by atoms with Gasteiger partial charge in [0, 0.05) is 48.5 Å². The van der Waals surface area contributed by atoms with E-state index in [4.69, 9.17) is 37.9 Å². The first kappa shape index (κ1) is 32.3. The first-order valence-corrected chi connectivity index (χ1v) is 11.4. The molecule has 1 fully saturated rings. The van der Waals surface area contributed by atoms with Gasteiger partial charge in [0.2, 0.25) is 5.60 Å². The zero-order valence-corrected chi connectivity index (χ0v) is 22.1. The van der Waals surface area contributed by atoms with Crippen LogP contribution in [0.1, 0.15) is 48.5 Å². The van der Waals surface area contributed by atoms with Crippen LogP contribution in [0.2, 0.25) is 0 Å². The molecule has 0 amide bonds. The van der Waals surface area contributed by atoms with Crippen LogP contribution in [0, 0.1) is 0 Å². The molecule has 0 aromatic rings. The van der Waals surface area contributed by atoms with Gasteiger partial charge in [0.25, 0.3) is 0 Å². The Morgan fingerprint density at radius 3 is 1.50 bits per heavy atom. The van der Waals surface area contributed by atoms with E-state index in [0.717, 1.165) is 48.5 Å². The van der Waals surface area contributed by atoms with Crippen LogP contribution in [-0.4, -0.2) is 97.7 Å². The summed E-state index contributed by atoms with van der Waals surface area (Å²) < 4.78 is 42.5. The van der Waals surface area contributed by atoms with Crippen molar-refractivity contribution >= 4 is 41.8 Å². The molecular formula is C23H32O15. The third-order valence-corrected chi connectivity index (χ3v) is 4.88. The topological polar surface area (TPSA) is 193 Å². The van der Waals surface area contributed by atoms with Crippen molar-refractivity contribution in [1.29, 1.82) is 0 Å². The molecular weight excluding hydrogens is 516 g/mol. The van der Waals surface area contributed by atoms with Crippen molar-refractivity contribution in [1.82, 2.24) is 0 Å². The number of carbonyl (C=O) groups excluding carboxylic acids is 7. The van der Waals surface area contributed by atoms with Gasteiger partial charge in [-0.15, -0.1) is 0 Å². The van der Waals surface area contributed by atoms with Gasteiger partial charge in [-0.05, 0) is 0 Å². The quantitative estimate of drug-likeness (QED) is 0.224. The van der Waals surface area contributed by atoms with Gasteiger partial charge in [0.05, 0.1) is 6.61 Å². The molecule has 0 aliphatic heterocycles. The van der Waals surface area contributed by atoms with Gasteiger partial charge >= 0.3 is 41.8 Å². The molecule has 0 saturated heterocycles. The van der Waals surface area contributed by atoms with Crippen LogP contribution >= 0.6 is 0 Å². The Balaban J connectivity index is 3.70. The van der Waals surface area contributed by atoms with Gasteiger partial charge < -0.3 is 37.9 Å². The van der Waals surface area contributed by atoms with Gasteiger partial charge in [-0.3, -0.25) is 33.6 Å². The zero-order valence-electron chi connectivity index (χ0n) is 22.1. The average molecular weight is 548 g/mol. The molecule has 0 heterocycles. The van der Waals surface area contributed by atoms with Crippen molar-refractivity contribution in [3.8, 4) is 0 Å². The fraction of sp³-hybridized carbons (Fsp3) is 0.696. The second-order valence-corrected chi connectivity index (χ2v) is 8.29. The van der Waals surface area contributed by atoms with E-state index >= 15 is 0 Å². The van der Waals surface area contributed by atoms with Crippen molar-refractivity contribution in [2.75, 3.05) is 19.8 Å². The molecule has 1 aliphatic rings. The summed E-state index contributed by atoms with van der Waals surface area (Å²) in [7, 11) is 0. The van der Waals surface area contributed by atoms with E-state index in [1.165, 1.54) is 0 Å². The molecule has 0 radical (unpaired) electrons. The molecule has 0 aromatic carbocycles. The lowest BCUT2D eigenvalue weighted by molar-refractivity contribution is -0.223. The molecule has 1 aliphatic carbocycles. The number of esters is 7. The maximum absolute atomic E-state index is 12.2. The Labute approximate surface area is 218 Å². The predicted octanol–water partition coefficient (Wildman–Crippen LogP) is -0.460. The Morgan fingerprint density at radius 2 is 1.08 bits per heavy atom. The second-order valence-electron chi connectivity index (χ2n) is 8.29. The van der Waals surface area contributed by atoms with Crippen LogP contribution in [0.15, 0.2) is 0 Å². The summed E-state index contributed by atoms with van der Waals surface area (Å²) in [5.74, 6) is -5.91. The van der Waals surface area contributed by atoms with Crippen molar-refractivity contribution < 1.29 is 71.5 Å². The van der Waals surface area contributed by atoms with E-state index < -0.39 is 97.7 Å². The maximum atomic E-state index is 12.2. The number of hydrogen-bond donors (Lipinski definition) is 0. The molecule has 0 N–H and O–H groups in total. The number of rotatable bonds is 12.